The summed E-state index contributed by atoms with van der Waals surface area (Å²) in [6.07, 6.45) is 0.586. The average Bonchev–Trinajstić information content (AvgIpc) is 2.34. The van der Waals surface area contributed by atoms with Gasteiger partial charge in [0.25, 0.3) is 0 Å². The summed E-state index contributed by atoms with van der Waals surface area (Å²) in [6.45, 7) is 0. The van der Waals surface area contributed by atoms with Gasteiger partial charge in [-0.25, -0.2) is 4.79 Å². The SMILES string of the molecule is CNC(=O)Oc1cccc2c1C=CC(O)C2O. The Morgan fingerprint density at radius 1 is 1.41 bits per heavy atom. The van der Waals surface area contributed by atoms with Gasteiger partial charge in [-0.1, -0.05) is 24.3 Å². The number of carbonyl (C=O) groups excluding carboxylic acids is 1. The Labute approximate surface area is 98.3 Å². The van der Waals surface area contributed by atoms with Crippen molar-refractivity contribution >= 4 is 12.2 Å². The second kappa shape index (κ2) is 4.57. The molecule has 2 unspecified atom stereocenters. The number of hydrogen-bond acceptors (Lipinski definition) is 4. The Morgan fingerprint density at radius 2 is 2.18 bits per heavy atom. The standard InChI is InChI=1S/C12H13NO4/c1-13-12(16)17-10-4-2-3-8-7(10)5-6-9(14)11(8)15/h2-6,9,11,14-15H,1H3,(H,13,16). The maximum atomic E-state index is 11.1. The molecule has 0 heterocycles. The van der Waals surface area contributed by atoms with E-state index in [-0.39, 0.29) is 0 Å². The molecule has 17 heavy (non-hydrogen) atoms. The van der Waals surface area contributed by atoms with E-state index in [1.807, 2.05) is 0 Å². The van der Waals surface area contributed by atoms with E-state index in [9.17, 15) is 15.0 Å². The van der Waals surface area contributed by atoms with Crippen LogP contribution in [-0.4, -0.2) is 29.5 Å². The Balaban J connectivity index is 2.39. The lowest BCUT2D eigenvalue weighted by Crippen LogP contribution is -2.24. The second-order valence-electron chi connectivity index (χ2n) is 3.69. The Hall–Kier alpha value is -1.85. The van der Waals surface area contributed by atoms with Crippen molar-refractivity contribution < 1.29 is 19.7 Å². The highest BCUT2D eigenvalue weighted by atomic mass is 16.6. The van der Waals surface area contributed by atoms with E-state index >= 15 is 0 Å². The molecule has 0 radical (unpaired) electrons. The lowest BCUT2D eigenvalue weighted by atomic mass is 9.92. The maximum Gasteiger partial charge on any atom is 0.412 e. The molecular weight excluding hydrogens is 222 g/mol. The van der Waals surface area contributed by atoms with E-state index < -0.39 is 18.3 Å². The second-order valence-corrected chi connectivity index (χ2v) is 3.69. The highest BCUT2D eigenvalue weighted by molar-refractivity contribution is 5.74. The third-order valence-electron chi connectivity index (χ3n) is 2.61. The average molecular weight is 235 g/mol. The van der Waals surface area contributed by atoms with Crippen molar-refractivity contribution in [3.63, 3.8) is 0 Å². The first-order chi connectivity index (χ1) is 8.13. The van der Waals surface area contributed by atoms with Crippen LogP contribution in [0.25, 0.3) is 6.08 Å². The van der Waals surface area contributed by atoms with Gasteiger partial charge in [-0.2, -0.15) is 0 Å². The van der Waals surface area contributed by atoms with Crippen molar-refractivity contribution in [3.8, 4) is 5.75 Å². The van der Waals surface area contributed by atoms with E-state index in [1.54, 1.807) is 24.3 Å². The van der Waals surface area contributed by atoms with Crippen LogP contribution in [0.2, 0.25) is 0 Å². The first-order valence-electron chi connectivity index (χ1n) is 5.20. The molecule has 3 N–H and O–H groups in total. The molecular formula is C12H13NO4. The highest BCUT2D eigenvalue weighted by Gasteiger charge is 2.24. The van der Waals surface area contributed by atoms with E-state index in [4.69, 9.17) is 4.74 Å². The van der Waals surface area contributed by atoms with E-state index in [1.165, 1.54) is 13.1 Å². The fourth-order valence-corrected chi connectivity index (χ4v) is 1.72. The summed E-state index contributed by atoms with van der Waals surface area (Å²) in [5.41, 5.74) is 1.15. The van der Waals surface area contributed by atoms with Gasteiger partial charge in [-0.05, 0) is 11.6 Å². The molecule has 0 fully saturated rings. The molecule has 5 nitrogen and oxygen atoms in total. The topological polar surface area (TPSA) is 78.8 Å². The number of hydrogen-bond donors (Lipinski definition) is 3. The van der Waals surface area contributed by atoms with Crippen LogP contribution in [0.3, 0.4) is 0 Å². The first kappa shape index (κ1) is 11.6. The van der Waals surface area contributed by atoms with Gasteiger partial charge in [0, 0.05) is 12.6 Å². The van der Waals surface area contributed by atoms with Crippen LogP contribution in [0, 0.1) is 0 Å². The third-order valence-corrected chi connectivity index (χ3v) is 2.61. The smallest absolute Gasteiger partial charge is 0.410 e. The van der Waals surface area contributed by atoms with Gasteiger partial charge in [-0.3, -0.25) is 0 Å². The van der Waals surface area contributed by atoms with Crippen LogP contribution in [0.5, 0.6) is 5.75 Å². The third kappa shape index (κ3) is 2.15. The van der Waals surface area contributed by atoms with Gasteiger partial charge in [0.05, 0.1) is 0 Å². The number of amides is 1. The van der Waals surface area contributed by atoms with Crippen molar-refractivity contribution in [1.82, 2.24) is 5.32 Å². The molecule has 90 valence electrons. The van der Waals surface area contributed by atoms with Gasteiger partial charge in [-0.15, -0.1) is 0 Å². The summed E-state index contributed by atoms with van der Waals surface area (Å²) < 4.78 is 5.05. The zero-order valence-electron chi connectivity index (χ0n) is 9.25. The van der Waals surface area contributed by atoms with E-state index in [0.717, 1.165) is 0 Å². The summed E-state index contributed by atoms with van der Waals surface area (Å²) in [5, 5.41) is 21.6. The molecule has 1 amide bonds. The summed E-state index contributed by atoms with van der Waals surface area (Å²) in [4.78, 5) is 11.1. The predicted octanol–water partition coefficient (Wildman–Crippen LogP) is 0.826. The number of carbonyl (C=O) groups is 1. The minimum absolute atomic E-state index is 0.351. The quantitative estimate of drug-likeness (QED) is 0.673. The minimum atomic E-state index is -0.997. The van der Waals surface area contributed by atoms with Gasteiger partial charge in [0.1, 0.15) is 18.0 Å². The molecule has 0 bridgehead atoms. The van der Waals surface area contributed by atoms with E-state index in [0.29, 0.717) is 16.9 Å². The maximum absolute atomic E-state index is 11.1. The van der Waals surface area contributed by atoms with Crippen LogP contribution < -0.4 is 10.1 Å². The Kier molecular flexibility index (Phi) is 3.12. The van der Waals surface area contributed by atoms with Crippen molar-refractivity contribution in [2.24, 2.45) is 0 Å². The molecule has 1 aliphatic carbocycles. The predicted molar refractivity (Wildman–Crippen MR) is 61.5 cm³/mol. The van der Waals surface area contributed by atoms with Crippen LogP contribution in [0.1, 0.15) is 17.2 Å². The molecule has 0 aliphatic heterocycles. The fourth-order valence-electron chi connectivity index (χ4n) is 1.72. The summed E-state index contributed by atoms with van der Waals surface area (Å²) in [7, 11) is 1.46. The lowest BCUT2D eigenvalue weighted by molar-refractivity contribution is 0.0468. The number of ether oxygens (including phenoxy) is 1. The number of aliphatic hydroxyl groups excluding tert-OH is 2. The van der Waals surface area contributed by atoms with Crippen LogP contribution >= 0.6 is 0 Å². The Bertz CT molecular complexity index is 470. The zero-order chi connectivity index (χ0) is 12.4. The van der Waals surface area contributed by atoms with Crippen LogP contribution in [0.4, 0.5) is 4.79 Å². The molecule has 1 aliphatic rings. The van der Waals surface area contributed by atoms with Gasteiger partial charge < -0.3 is 20.3 Å². The molecule has 0 aromatic heterocycles. The number of aliphatic hydroxyl groups is 2. The number of rotatable bonds is 1. The summed E-state index contributed by atoms with van der Waals surface area (Å²) in [5.74, 6) is 0.351. The van der Waals surface area contributed by atoms with Crippen LogP contribution in [0.15, 0.2) is 24.3 Å². The molecule has 0 saturated heterocycles. The van der Waals surface area contributed by atoms with Crippen molar-refractivity contribution in [2.45, 2.75) is 12.2 Å². The molecule has 2 rings (SSSR count). The molecule has 2 atom stereocenters. The van der Waals surface area contributed by atoms with Gasteiger partial charge in [0.15, 0.2) is 0 Å². The molecule has 0 saturated carbocycles. The van der Waals surface area contributed by atoms with Gasteiger partial charge >= 0.3 is 6.09 Å². The number of nitrogens with one attached hydrogen (secondary N) is 1. The highest BCUT2D eigenvalue weighted by Crippen LogP contribution is 2.33. The minimum Gasteiger partial charge on any atom is -0.410 e. The first-order valence-corrected chi connectivity index (χ1v) is 5.20. The lowest BCUT2D eigenvalue weighted by Gasteiger charge is -2.23. The summed E-state index contributed by atoms with van der Waals surface area (Å²) >= 11 is 0. The monoisotopic (exact) mass is 235 g/mol. The Morgan fingerprint density at radius 3 is 2.88 bits per heavy atom. The van der Waals surface area contributed by atoms with Gasteiger partial charge in [0.2, 0.25) is 0 Å². The van der Waals surface area contributed by atoms with Crippen LogP contribution in [-0.2, 0) is 0 Å². The summed E-state index contributed by atoms with van der Waals surface area (Å²) in [6, 6.07) is 4.97. The van der Waals surface area contributed by atoms with Crippen molar-refractivity contribution in [3.05, 3.63) is 35.4 Å². The molecule has 5 heteroatoms. The molecule has 1 aromatic rings. The molecule has 1 aromatic carbocycles. The zero-order valence-corrected chi connectivity index (χ0v) is 9.25. The number of fused-ring (bicyclic) bond motifs is 1. The van der Waals surface area contributed by atoms with E-state index in [2.05, 4.69) is 5.32 Å². The fraction of sp³-hybridized carbons (Fsp3) is 0.250. The molecule has 0 spiro atoms. The van der Waals surface area contributed by atoms with Crippen molar-refractivity contribution in [1.29, 1.82) is 0 Å². The number of benzene rings is 1. The largest absolute Gasteiger partial charge is 0.412 e. The van der Waals surface area contributed by atoms with Crippen molar-refractivity contribution in [2.75, 3.05) is 7.05 Å². The normalized spacial score (nSPS) is 21.8.